The van der Waals surface area contributed by atoms with Gasteiger partial charge in [0.15, 0.2) is 0 Å². The SMILES string of the molecule is O=C(NN=Cc1c(O)[nH]c(=O)[nH]c1=O)c1ccncc1. The number of hydrogen-bond donors (Lipinski definition) is 4. The molecule has 0 aliphatic carbocycles. The monoisotopic (exact) mass is 275 g/mol. The molecule has 2 aromatic heterocycles. The smallest absolute Gasteiger partial charge is 0.328 e. The van der Waals surface area contributed by atoms with Gasteiger partial charge in [0.1, 0.15) is 5.56 Å². The van der Waals surface area contributed by atoms with Crippen LogP contribution in [0.1, 0.15) is 15.9 Å². The van der Waals surface area contributed by atoms with Crippen LogP contribution in [0.4, 0.5) is 0 Å². The van der Waals surface area contributed by atoms with Crippen molar-refractivity contribution in [3.8, 4) is 5.88 Å². The topological polar surface area (TPSA) is 140 Å². The molecule has 102 valence electrons. The van der Waals surface area contributed by atoms with Gasteiger partial charge in [0.2, 0.25) is 5.88 Å². The van der Waals surface area contributed by atoms with Crippen molar-refractivity contribution in [2.45, 2.75) is 0 Å². The molecule has 2 rings (SSSR count). The molecule has 0 radical (unpaired) electrons. The molecule has 2 aromatic rings. The van der Waals surface area contributed by atoms with Crippen molar-refractivity contribution < 1.29 is 9.90 Å². The Hall–Kier alpha value is -3.23. The molecule has 0 fully saturated rings. The predicted molar refractivity (Wildman–Crippen MR) is 68.6 cm³/mol. The first kappa shape index (κ1) is 13.2. The van der Waals surface area contributed by atoms with E-state index in [1.54, 1.807) is 0 Å². The van der Waals surface area contributed by atoms with E-state index in [1.807, 2.05) is 9.97 Å². The Kier molecular flexibility index (Phi) is 3.70. The average molecular weight is 275 g/mol. The lowest BCUT2D eigenvalue weighted by Crippen LogP contribution is -2.25. The molecule has 4 N–H and O–H groups in total. The maximum Gasteiger partial charge on any atom is 0.328 e. The number of aromatic nitrogens is 3. The van der Waals surface area contributed by atoms with E-state index < -0.39 is 23.0 Å². The first-order chi connectivity index (χ1) is 9.58. The van der Waals surface area contributed by atoms with Gasteiger partial charge in [-0.15, -0.1) is 0 Å². The fraction of sp³-hybridized carbons (Fsp3) is 0. The summed E-state index contributed by atoms with van der Waals surface area (Å²) < 4.78 is 0. The number of pyridine rings is 1. The summed E-state index contributed by atoms with van der Waals surface area (Å²) in [4.78, 5) is 41.4. The van der Waals surface area contributed by atoms with Gasteiger partial charge in [-0.2, -0.15) is 5.10 Å². The minimum Gasteiger partial charge on any atom is -0.494 e. The summed E-state index contributed by atoms with van der Waals surface area (Å²) in [5.74, 6) is -1.15. The van der Waals surface area contributed by atoms with Gasteiger partial charge < -0.3 is 5.11 Å². The quantitative estimate of drug-likeness (QED) is 0.417. The first-order valence-electron chi connectivity index (χ1n) is 5.37. The van der Waals surface area contributed by atoms with E-state index in [4.69, 9.17) is 0 Å². The molecule has 0 bridgehead atoms. The fourth-order valence-electron chi connectivity index (χ4n) is 1.33. The van der Waals surface area contributed by atoms with Crippen molar-refractivity contribution in [1.82, 2.24) is 20.4 Å². The molecule has 0 unspecified atom stereocenters. The Morgan fingerprint density at radius 1 is 1.30 bits per heavy atom. The summed E-state index contributed by atoms with van der Waals surface area (Å²) in [6.45, 7) is 0. The number of hydrazone groups is 1. The first-order valence-corrected chi connectivity index (χ1v) is 5.37. The van der Waals surface area contributed by atoms with Crippen LogP contribution < -0.4 is 16.7 Å². The Bertz CT molecular complexity index is 762. The van der Waals surface area contributed by atoms with Crippen molar-refractivity contribution >= 4 is 12.1 Å². The van der Waals surface area contributed by atoms with Crippen LogP contribution in [0.25, 0.3) is 0 Å². The van der Waals surface area contributed by atoms with E-state index >= 15 is 0 Å². The highest BCUT2D eigenvalue weighted by Crippen LogP contribution is 2.00. The van der Waals surface area contributed by atoms with Crippen LogP contribution in [0.2, 0.25) is 0 Å². The predicted octanol–water partition coefficient (Wildman–Crippen LogP) is -1.07. The van der Waals surface area contributed by atoms with Crippen LogP contribution in [-0.2, 0) is 0 Å². The zero-order valence-electron chi connectivity index (χ0n) is 9.95. The molecule has 0 spiro atoms. The summed E-state index contributed by atoms with van der Waals surface area (Å²) in [6, 6.07) is 2.96. The molecule has 0 saturated carbocycles. The molecule has 9 nitrogen and oxygen atoms in total. The number of amides is 1. The van der Waals surface area contributed by atoms with E-state index in [-0.39, 0.29) is 5.56 Å². The summed E-state index contributed by atoms with van der Waals surface area (Å²) >= 11 is 0. The number of nitrogens with one attached hydrogen (secondary N) is 3. The maximum absolute atomic E-state index is 11.6. The van der Waals surface area contributed by atoms with Crippen molar-refractivity contribution in [3.63, 3.8) is 0 Å². The Morgan fingerprint density at radius 3 is 2.65 bits per heavy atom. The fourth-order valence-corrected chi connectivity index (χ4v) is 1.33. The van der Waals surface area contributed by atoms with Gasteiger partial charge in [0.25, 0.3) is 11.5 Å². The van der Waals surface area contributed by atoms with Crippen LogP contribution in [0.5, 0.6) is 5.88 Å². The van der Waals surface area contributed by atoms with Gasteiger partial charge in [-0.3, -0.25) is 24.5 Å². The number of carbonyl (C=O) groups is 1. The van der Waals surface area contributed by atoms with Gasteiger partial charge >= 0.3 is 5.69 Å². The minimum atomic E-state index is -0.842. The van der Waals surface area contributed by atoms with E-state index in [0.29, 0.717) is 5.56 Å². The van der Waals surface area contributed by atoms with Gasteiger partial charge in [-0.25, -0.2) is 10.2 Å². The van der Waals surface area contributed by atoms with Gasteiger partial charge in [-0.05, 0) is 12.1 Å². The van der Waals surface area contributed by atoms with E-state index in [9.17, 15) is 19.5 Å². The number of rotatable bonds is 3. The van der Waals surface area contributed by atoms with Gasteiger partial charge in [0, 0.05) is 18.0 Å². The van der Waals surface area contributed by atoms with Crippen LogP contribution in [-0.4, -0.2) is 32.2 Å². The van der Waals surface area contributed by atoms with Crippen LogP contribution in [0, 0.1) is 0 Å². The van der Waals surface area contributed by atoms with Gasteiger partial charge in [0.05, 0.1) is 6.21 Å². The second-order valence-corrected chi connectivity index (χ2v) is 3.61. The van der Waals surface area contributed by atoms with E-state index in [2.05, 4.69) is 15.5 Å². The second-order valence-electron chi connectivity index (χ2n) is 3.61. The zero-order chi connectivity index (χ0) is 14.5. The summed E-state index contributed by atoms with van der Waals surface area (Å²) in [7, 11) is 0. The molecule has 1 amide bonds. The Balaban J connectivity index is 2.14. The van der Waals surface area contributed by atoms with Crippen molar-refractivity contribution in [2.24, 2.45) is 5.10 Å². The zero-order valence-corrected chi connectivity index (χ0v) is 9.95. The van der Waals surface area contributed by atoms with Crippen molar-refractivity contribution in [3.05, 3.63) is 56.5 Å². The molecule has 20 heavy (non-hydrogen) atoms. The highest BCUT2D eigenvalue weighted by atomic mass is 16.3. The van der Waals surface area contributed by atoms with E-state index in [1.165, 1.54) is 24.5 Å². The van der Waals surface area contributed by atoms with Crippen LogP contribution in [0.3, 0.4) is 0 Å². The normalized spacial score (nSPS) is 10.6. The number of aromatic amines is 2. The summed E-state index contributed by atoms with van der Waals surface area (Å²) in [5.41, 5.74) is 0.548. The Morgan fingerprint density at radius 2 is 2.00 bits per heavy atom. The molecule has 2 heterocycles. The van der Waals surface area contributed by atoms with Crippen molar-refractivity contribution in [2.75, 3.05) is 0 Å². The largest absolute Gasteiger partial charge is 0.494 e. The van der Waals surface area contributed by atoms with E-state index in [0.717, 1.165) is 6.21 Å². The highest BCUT2D eigenvalue weighted by Gasteiger charge is 2.06. The standard InChI is InChI=1S/C11H9N5O4/c17-8(6-1-3-12-4-2-6)16-13-5-7-9(18)14-11(20)15-10(7)19/h1-5H,(H,16,17)(H3,14,15,18,19,20). The molecule has 0 atom stereocenters. The average Bonchev–Trinajstić information content (AvgIpc) is 2.42. The van der Waals surface area contributed by atoms with Gasteiger partial charge in [-0.1, -0.05) is 0 Å². The number of hydrogen-bond acceptors (Lipinski definition) is 6. The highest BCUT2D eigenvalue weighted by molar-refractivity contribution is 5.94. The summed E-state index contributed by atoms with van der Waals surface area (Å²) in [5, 5.41) is 12.9. The number of carbonyl (C=O) groups excluding carboxylic acids is 1. The third-order valence-electron chi connectivity index (χ3n) is 2.26. The molecule has 0 saturated heterocycles. The Labute approximate surface area is 111 Å². The number of aromatic hydroxyl groups is 1. The number of nitrogens with zero attached hydrogens (tertiary/aromatic N) is 2. The summed E-state index contributed by atoms with van der Waals surface area (Å²) in [6.07, 6.45) is 3.80. The third-order valence-corrected chi connectivity index (χ3v) is 2.26. The van der Waals surface area contributed by atoms with Crippen LogP contribution in [0.15, 0.2) is 39.2 Å². The molecule has 0 aliphatic rings. The minimum absolute atomic E-state index is 0.278. The maximum atomic E-state index is 11.6. The lowest BCUT2D eigenvalue weighted by molar-refractivity contribution is 0.0955. The van der Waals surface area contributed by atoms with Crippen molar-refractivity contribution in [1.29, 1.82) is 0 Å². The number of H-pyrrole nitrogens is 2. The third kappa shape index (κ3) is 2.96. The molecule has 0 aliphatic heterocycles. The lowest BCUT2D eigenvalue weighted by Gasteiger charge is -1.99. The van der Waals surface area contributed by atoms with Crippen LogP contribution >= 0.6 is 0 Å². The molecular formula is C11H9N5O4. The molecule has 9 heteroatoms. The lowest BCUT2D eigenvalue weighted by atomic mass is 10.3. The second kappa shape index (κ2) is 5.61. The molecule has 0 aromatic carbocycles. The molecular weight excluding hydrogens is 266 g/mol.